The van der Waals surface area contributed by atoms with E-state index in [1.807, 2.05) is 0 Å². The first-order valence-corrected chi connectivity index (χ1v) is 7.95. The summed E-state index contributed by atoms with van der Waals surface area (Å²) in [6.07, 6.45) is 22.3. The Morgan fingerprint density at radius 3 is 2.90 bits per heavy atom. The molecule has 0 aromatic heterocycles. The summed E-state index contributed by atoms with van der Waals surface area (Å²) >= 11 is 0. The predicted octanol–water partition coefficient (Wildman–Crippen LogP) is 5.68. The van der Waals surface area contributed by atoms with Gasteiger partial charge in [0.15, 0.2) is 0 Å². The van der Waals surface area contributed by atoms with Gasteiger partial charge in [-0.15, -0.1) is 0 Å². The van der Waals surface area contributed by atoms with Gasteiger partial charge in [0.2, 0.25) is 0 Å². The van der Waals surface area contributed by atoms with Crippen molar-refractivity contribution in [1.29, 1.82) is 0 Å². The minimum atomic E-state index is 0.517. The van der Waals surface area contributed by atoms with Gasteiger partial charge in [0.25, 0.3) is 0 Å². The van der Waals surface area contributed by atoms with E-state index in [0.717, 1.165) is 12.8 Å². The molecule has 3 aliphatic carbocycles. The fourth-order valence-corrected chi connectivity index (χ4v) is 3.58. The molecule has 0 aliphatic heterocycles. The maximum absolute atomic E-state index is 4.22. The smallest absolute Gasteiger partial charge is 0.0121 e. The second-order valence-corrected chi connectivity index (χ2v) is 6.06. The molecule has 0 heteroatoms. The van der Waals surface area contributed by atoms with Crippen LogP contribution in [0.1, 0.15) is 39.0 Å². The predicted molar refractivity (Wildman–Crippen MR) is 87.4 cm³/mol. The molecule has 0 radical (unpaired) electrons. The molecule has 0 aromatic rings. The Labute approximate surface area is 123 Å². The van der Waals surface area contributed by atoms with Gasteiger partial charge in [-0.25, -0.2) is 0 Å². The SMILES string of the molecule is C=C1C=CCC1C1=C2CC=CC=C2C(CCCC)C=C1. The summed E-state index contributed by atoms with van der Waals surface area (Å²) in [6, 6.07) is 0. The second-order valence-electron chi connectivity index (χ2n) is 6.06. The minimum Gasteiger partial charge on any atom is -0.0952 e. The molecule has 104 valence electrons. The van der Waals surface area contributed by atoms with Crippen molar-refractivity contribution in [3.05, 3.63) is 71.4 Å². The standard InChI is InChI=1S/C20H24/c1-3-4-9-16-13-14-20(17-12-7-8-15(17)2)19-11-6-5-10-18(16)19/h5-8,10,13-14,16-17H,2-4,9,11-12H2,1H3. The van der Waals surface area contributed by atoms with Crippen molar-refractivity contribution in [2.75, 3.05) is 0 Å². The Hall–Kier alpha value is -1.56. The van der Waals surface area contributed by atoms with Crippen LogP contribution in [-0.2, 0) is 0 Å². The van der Waals surface area contributed by atoms with Crippen LogP contribution in [0.4, 0.5) is 0 Å². The van der Waals surface area contributed by atoms with Crippen LogP contribution >= 0.6 is 0 Å². The van der Waals surface area contributed by atoms with Crippen LogP contribution in [0.2, 0.25) is 0 Å². The van der Waals surface area contributed by atoms with E-state index < -0.39 is 0 Å². The van der Waals surface area contributed by atoms with E-state index in [1.54, 1.807) is 11.1 Å². The van der Waals surface area contributed by atoms with Gasteiger partial charge in [0, 0.05) is 11.8 Å². The lowest BCUT2D eigenvalue weighted by molar-refractivity contribution is 0.608. The third kappa shape index (κ3) is 2.40. The summed E-state index contributed by atoms with van der Waals surface area (Å²) in [4.78, 5) is 0. The fourth-order valence-electron chi connectivity index (χ4n) is 3.58. The lowest BCUT2D eigenvalue weighted by atomic mass is 9.74. The van der Waals surface area contributed by atoms with Crippen molar-refractivity contribution in [3.63, 3.8) is 0 Å². The van der Waals surface area contributed by atoms with Gasteiger partial charge in [-0.05, 0) is 41.6 Å². The largest absolute Gasteiger partial charge is 0.0952 e. The van der Waals surface area contributed by atoms with Crippen molar-refractivity contribution in [1.82, 2.24) is 0 Å². The van der Waals surface area contributed by atoms with E-state index in [2.05, 4.69) is 56.0 Å². The fraction of sp³-hybridized carbons (Fsp3) is 0.400. The van der Waals surface area contributed by atoms with Gasteiger partial charge in [0.1, 0.15) is 0 Å². The normalized spacial score (nSPS) is 28.1. The number of allylic oxidation sites excluding steroid dienone is 11. The first kappa shape index (κ1) is 13.4. The molecule has 0 N–H and O–H groups in total. The number of rotatable bonds is 4. The Morgan fingerprint density at radius 1 is 1.25 bits per heavy atom. The van der Waals surface area contributed by atoms with Crippen LogP contribution in [0.25, 0.3) is 0 Å². The van der Waals surface area contributed by atoms with E-state index in [4.69, 9.17) is 0 Å². The van der Waals surface area contributed by atoms with Crippen LogP contribution in [-0.4, -0.2) is 0 Å². The number of hydrogen-bond acceptors (Lipinski definition) is 0. The maximum Gasteiger partial charge on any atom is 0.0121 e. The monoisotopic (exact) mass is 264 g/mol. The summed E-state index contributed by atoms with van der Waals surface area (Å²) in [5, 5.41) is 0. The summed E-state index contributed by atoms with van der Waals surface area (Å²) in [6.45, 7) is 6.50. The highest BCUT2D eigenvalue weighted by molar-refractivity contribution is 5.55. The van der Waals surface area contributed by atoms with E-state index in [-0.39, 0.29) is 0 Å². The van der Waals surface area contributed by atoms with Gasteiger partial charge in [-0.1, -0.05) is 68.9 Å². The summed E-state index contributed by atoms with van der Waals surface area (Å²) in [5.41, 5.74) is 5.94. The zero-order valence-corrected chi connectivity index (χ0v) is 12.4. The van der Waals surface area contributed by atoms with Gasteiger partial charge in [-0.2, -0.15) is 0 Å². The molecule has 2 atom stereocenters. The molecule has 0 nitrogen and oxygen atoms in total. The molecule has 3 rings (SSSR count). The summed E-state index contributed by atoms with van der Waals surface area (Å²) in [7, 11) is 0. The lowest BCUT2D eigenvalue weighted by Gasteiger charge is -2.30. The number of fused-ring (bicyclic) bond motifs is 1. The Bertz CT molecular complexity index is 549. The molecule has 0 heterocycles. The first-order chi connectivity index (χ1) is 9.81. The van der Waals surface area contributed by atoms with E-state index in [1.165, 1.54) is 30.4 Å². The van der Waals surface area contributed by atoms with Crippen LogP contribution in [0.3, 0.4) is 0 Å². The first-order valence-electron chi connectivity index (χ1n) is 7.95. The Kier molecular flexibility index (Phi) is 3.91. The number of unbranched alkanes of at least 4 members (excludes halogenated alkanes) is 1. The highest BCUT2D eigenvalue weighted by Gasteiger charge is 2.27. The van der Waals surface area contributed by atoms with Crippen LogP contribution in [0, 0.1) is 11.8 Å². The topological polar surface area (TPSA) is 0 Å². The van der Waals surface area contributed by atoms with Crippen LogP contribution < -0.4 is 0 Å². The molecule has 0 saturated carbocycles. The highest BCUT2D eigenvalue weighted by atomic mass is 14.3. The Morgan fingerprint density at radius 2 is 2.15 bits per heavy atom. The molecule has 0 bridgehead atoms. The molecular weight excluding hydrogens is 240 g/mol. The third-order valence-corrected chi connectivity index (χ3v) is 4.73. The Balaban J connectivity index is 1.90. The average molecular weight is 264 g/mol. The van der Waals surface area contributed by atoms with E-state index in [0.29, 0.717) is 11.8 Å². The average Bonchev–Trinajstić information content (AvgIpc) is 2.91. The summed E-state index contributed by atoms with van der Waals surface area (Å²) in [5.74, 6) is 1.14. The van der Waals surface area contributed by atoms with Crippen LogP contribution in [0.15, 0.2) is 71.4 Å². The molecule has 0 aromatic carbocycles. The van der Waals surface area contributed by atoms with Gasteiger partial charge >= 0.3 is 0 Å². The van der Waals surface area contributed by atoms with Crippen molar-refractivity contribution in [2.45, 2.75) is 39.0 Å². The van der Waals surface area contributed by atoms with Crippen molar-refractivity contribution in [2.24, 2.45) is 11.8 Å². The molecule has 2 unspecified atom stereocenters. The molecule has 3 aliphatic rings. The molecule has 0 fully saturated rings. The van der Waals surface area contributed by atoms with E-state index in [9.17, 15) is 0 Å². The van der Waals surface area contributed by atoms with E-state index >= 15 is 0 Å². The molecular formula is C20H24. The molecule has 20 heavy (non-hydrogen) atoms. The van der Waals surface area contributed by atoms with Gasteiger partial charge in [-0.3, -0.25) is 0 Å². The lowest BCUT2D eigenvalue weighted by Crippen LogP contribution is -2.15. The minimum absolute atomic E-state index is 0.517. The zero-order chi connectivity index (χ0) is 13.9. The van der Waals surface area contributed by atoms with Gasteiger partial charge < -0.3 is 0 Å². The maximum atomic E-state index is 4.22. The third-order valence-electron chi connectivity index (χ3n) is 4.73. The quantitative estimate of drug-likeness (QED) is 0.613. The second kappa shape index (κ2) is 5.83. The highest BCUT2D eigenvalue weighted by Crippen LogP contribution is 2.42. The van der Waals surface area contributed by atoms with Crippen LogP contribution in [0.5, 0.6) is 0 Å². The molecule has 0 amide bonds. The zero-order valence-electron chi connectivity index (χ0n) is 12.4. The van der Waals surface area contributed by atoms with Crippen molar-refractivity contribution < 1.29 is 0 Å². The molecule has 0 spiro atoms. The van der Waals surface area contributed by atoms with Gasteiger partial charge in [0.05, 0.1) is 0 Å². The van der Waals surface area contributed by atoms with Crippen molar-refractivity contribution >= 4 is 0 Å². The van der Waals surface area contributed by atoms with Crippen molar-refractivity contribution in [3.8, 4) is 0 Å². The summed E-state index contributed by atoms with van der Waals surface area (Å²) < 4.78 is 0. The molecule has 0 saturated heterocycles. The number of hydrogen-bond donors (Lipinski definition) is 0.